The van der Waals surface area contributed by atoms with E-state index in [0.717, 1.165) is 5.56 Å². The molecule has 1 saturated heterocycles. The molecule has 1 aliphatic rings. The fraction of sp³-hybridized carbons (Fsp3) is 0.375. The van der Waals surface area contributed by atoms with Gasteiger partial charge in [0.2, 0.25) is 10.0 Å². The van der Waals surface area contributed by atoms with Crippen LogP contribution in [0.15, 0.2) is 35.5 Å². The van der Waals surface area contributed by atoms with Gasteiger partial charge in [-0.1, -0.05) is 12.1 Å². The van der Waals surface area contributed by atoms with E-state index in [1.807, 2.05) is 12.3 Å². The summed E-state index contributed by atoms with van der Waals surface area (Å²) in [7, 11) is -1.96. The summed E-state index contributed by atoms with van der Waals surface area (Å²) in [4.78, 5) is 0.0526. The minimum Gasteiger partial charge on any atom is -0.371 e. The number of aromatic nitrogens is 2. The number of aryl methyl sites for hydroxylation is 2. The lowest BCUT2D eigenvalue weighted by atomic mass is 10.1. The molecule has 0 aliphatic carbocycles. The minimum absolute atomic E-state index is 0.0526. The van der Waals surface area contributed by atoms with Crippen molar-refractivity contribution in [2.24, 2.45) is 7.05 Å². The number of ether oxygens (including phenoxy) is 1. The first-order chi connectivity index (χ1) is 11.4. The summed E-state index contributed by atoms with van der Waals surface area (Å²) in [6, 6.07) is 6.87. The summed E-state index contributed by atoms with van der Waals surface area (Å²) in [5, 5.41) is 13.4. The first-order valence-corrected chi connectivity index (χ1v) is 8.97. The summed E-state index contributed by atoms with van der Waals surface area (Å²) in [6.07, 6.45) is 3.13. The maximum absolute atomic E-state index is 13.0. The Bertz CT molecular complexity index is 898. The van der Waals surface area contributed by atoms with E-state index in [1.165, 1.54) is 10.4 Å². The molecule has 1 aromatic carbocycles. The Morgan fingerprint density at radius 3 is 2.88 bits per heavy atom. The average Bonchev–Trinajstić information content (AvgIpc) is 3.01. The third-order valence-corrected chi connectivity index (χ3v) is 6.00. The summed E-state index contributed by atoms with van der Waals surface area (Å²) in [5.74, 6) is 0. The first-order valence-electron chi connectivity index (χ1n) is 7.53. The highest BCUT2D eigenvalue weighted by molar-refractivity contribution is 7.89. The van der Waals surface area contributed by atoms with Gasteiger partial charge in [0, 0.05) is 31.9 Å². The maximum atomic E-state index is 13.0. The molecule has 1 fully saturated rings. The molecule has 7 nitrogen and oxygen atoms in total. The zero-order valence-electron chi connectivity index (χ0n) is 13.5. The van der Waals surface area contributed by atoms with Crippen molar-refractivity contribution in [3.8, 4) is 6.07 Å². The third kappa shape index (κ3) is 2.94. The van der Waals surface area contributed by atoms with Crippen molar-refractivity contribution >= 4 is 10.0 Å². The normalized spacial score (nSPS) is 19.1. The van der Waals surface area contributed by atoms with Crippen LogP contribution in [0.1, 0.15) is 22.8 Å². The van der Waals surface area contributed by atoms with Crippen LogP contribution in [0, 0.1) is 18.3 Å². The van der Waals surface area contributed by atoms with Crippen LogP contribution in [0.3, 0.4) is 0 Å². The lowest BCUT2D eigenvalue weighted by Gasteiger charge is -2.32. The molecule has 0 amide bonds. The standard InChI is InChI=1S/C16H18N4O3S/c1-12-4-3-5-16(14(12)8-17)24(21,22)20-6-7-23-15(11-20)13-9-18-19(2)10-13/h3-5,9-10,15H,6-7,11H2,1-2H3/t15-/m1/s1. The second kappa shape index (κ2) is 6.36. The zero-order valence-corrected chi connectivity index (χ0v) is 14.3. The smallest absolute Gasteiger partial charge is 0.244 e. The van der Waals surface area contributed by atoms with Crippen LogP contribution in [-0.4, -0.2) is 42.2 Å². The van der Waals surface area contributed by atoms with Crippen LogP contribution in [0.4, 0.5) is 0 Å². The van der Waals surface area contributed by atoms with Crippen LogP contribution in [0.2, 0.25) is 0 Å². The molecule has 0 N–H and O–H groups in total. The van der Waals surface area contributed by atoms with Crippen molar-refractivity contribution in [3.63, 3.8) is 0 Å². The Hall–Kier alpha value is -2.21. The predicted octanol–water partition coefficient (Wildman–Crippen LogP) is 1.36. The predicted molar refractivity (Wildman–Crippen MR) is 86.6 cm³/mol. The van der Waals surface area contributed by atoms with Crippen molar-refractivity contribution in [2.75, 3.05) is 19.7 Å². The highest BCUT2D eigenvalue weighted by Gasteiger charge is 2.33. The molecule has 0 spiro atoms. The van der Waals surface area contributed by atoms with Gasteiger partial charge in [0.1, 0.15) is 11.0 Å². The summed E-state index contributed by atoms with van der Waals surface area (Å²) >= 11 is 0. The Kier molecular flexibility index (Phi) is 4.41. The molecule has 0 unspecified atom stereocenters. The number of hydrogen-bond acceptors (Lipinski definition) is 5. The Labute approximate surface area is 141 Å². The monoisotopic (exact) mass is 346 g/mol. The van der Waals surface area contributed by atoms with Gasteiger partial charge >= 0.3 is 0 Å². The Morgan fingerprint density at radius 2 is 2.21 bits per heavy atom. The quantitative estimate of drug-likeness (QED) is 0.837. The fourth-order valence-corrected chi connectivity index (χ4v) is 4.43. The van der Waals surface area contributed by atoms with Crippen molar-refractivity contribution in [3.05, 3.63) is 47.3 Å². The summed E-state index contributed by atoms with van der Waals surface area (Å²) in [6.45, 7) is 2.49. The molecule has 0 bridgehead atoms. The molecular weight excluding hydrogens is 328 g/mol. The largest absolute Gasteiger partial charge is 0.371 e. The molecule has 3 rings (SSSR count). The summed E-state index contributed by atoms with van der Waals surface area (Å²) in [5.41, 5.74) is 1.68. The molecule has 2 aromatic rings. The Morgan fingerprint density at radius 1 is 1.42 bits per heavy atom. The first kappa shape index (κ1) is 16.6. The fourth-order valence-electron chi connectivity index (χ4n) is 2.79. The van der Waals surface area contributed by atoms with E-state index in [2.05, 4.69) is 5.10 Å². The maximum Gasteiger partial charge on any atom is 0.244 e. The topological polar surface area (TPSA) is 88.2 Å². The van der Waals surface area contributed by atoms with Crippen molar-refractivity contribution in [2.45, 2.75) is 17.9 Å². The molecule has 2 heterocycles. The molecule has 1 atom stereocenters. The van der Waals surface area contributed by atoms with Crippen LogP contribution >= 0.6 is 0 Å². The van der Waals surface area contributed by atoms with Crippen LogP contribution < -0.4 is 0 Å². The molecule has 126 valence electrons. The number of rotatable bonds is 3. The van der Waals surface area contributed by atoms with E-state index in [1.54, 1.807) is 37.0 Å². The number of sulfonamides is 1. The molecule has 24 heavy (non-hydrogen) atoms. The van der Waals surface area contributed by atoms with E-state index >= 15 is 0 Å². The second-order valence-corrected chi connectivity index (χ2v) is 7.64. The highest BCUT2D eigenvalue weighted by Crippen LogP contribution is 2.28. The van der Waals surface area contributed by atoms with E-state index in [0.29, 0.717) is 12.2 Å². The van der Waals surface area contributed by atoms with Gasteiger partial charge < -0.3 is 4.74 Å². The van der Waals surface area contributed by atoms with Crippen molar-refractivity contribution in [1.82, 2.24) is 14.1 Å². The van der Waals surface area contributed by atoms with E-state index in [9.17, 15) is 13.7 Å². The van der Waals surface area contributed by atoms with Crippen molar-refractivity contribution in [1.29, 1.82) is 5.26 Å². The van der Waals surface area contributed by atoms with Gasteiger partial charge in [0.25, 0.3) is 0 Å². The van der Waals surface area contributed by atoms with E-state index in [4.69, 9.17) is 4.74 Å². The van der Waals surface area contributed by atoms with Gasteiger partial charge in [-0.2, -0.15) is 14.7 Å². The molecule has 8 heteroatoms. The van der Waals surface area contributed by atoms with Gasteiger partial charge in [-0.25, -0.2) is 8.42 Å². The SMILES string of the molecule is Cc1cccc(S(=O)(=O)N2CCO[C@@H](c3cnn(C)c3)C2)c1C#N. The second-order valence-electron chi connectivity index (χ2n) is 5.73. The van der Waals surface area contributed by atoms with Gasteiger partial charge in [-0.3, -0.25) is 4.68 Å². The zero-order chi connectivity index (χ0) is 17.3. The van der Waals surface area contributed by atoms with Crippen molar-refractivity contribution < 1.29 is 13.2 Å². The van der Waals surface area contributed by atoms with Crippen LogP contribution in [0.5, 0.6) is 0 Å². The number of morpholine rings is 1. The van der Waals surface area contributed by atoms with Crippen LogP contribution in [-0.2, 0) is 21.8 Å². The lowest BCUT2D eigenvalue weighted by Crippen LogP contribution is -2.42. The van der Waals surface area contributed by atoms with Gasteiger partial charge in [-0.15, -0.1) is 0 Å². The number of nitrogens with zero attached hydrogens (tertiary/aromatic N) is 4. The molecular formula is C16H18N4O3S. The Balaban J connectivity index is 1.93. The highest BCUT2D eigenvalue weighted by atomic mass is 32.2. The average molecular weight is 346 g/mol. The molecule has 1 aromatic heterocycles. The van der Waals surface area contributed by atoms with E-state index in [-0.39, 0.29) is 29.7 Å². The van der Waals surface area contributed by atoms with Gasteiger partial charge in [0.05, 0.1) is 24.5 Å². The number of hydrogen-bond donors (Lipinski definition) is 0. The number of benzene rings is 1. The summed E-state index contributed by atoms with van der Waals surface area (Å²) < 4.78 is 34.7. The van der Waals surface area contributed by atoms with E-state index < -0.39 is 10.0 Å². The van der Waals surface area contributed by atoms with Crippen LogP contribution in [0.25, 0.3) is 0 Å². The van der Waals surface area contributed by atoms with Gasteiger partial charge in [-0.05, 0) is 18.6 Å². The lowest BCUT2D eigenvalue weighted by molar-refractivity contribution is -0.00259. The van der Waals surface area contributed by atoms with Gasteiger partial charge in [0.15, 0.2) is 0 Å². The number of nitriles is 1. The third-order valence-electron chi connectivity index (χ3n) is 4.09. The molecule has 0 radical (unpaired) electrons. The molecule has 0 saturated carbocycles. The molecule has 1 aliphatic heterocycles. The minimum atomic E-state index is -3.76.